The van der Waals surface area contributed by atoms with E-state index in [0.29, 0.717) is 0 Å². The Hall–Kier alpha value is -1.87. The number of hydrogen-bond donors (Lipinski definition) is 1. The van der Waals surface area contributed by atoms with Crippen molar-refractivity contribution in [3.8, 4) is 0 Å². The van der Waals surface area contributed by atoms with Crippen LogP contribution in [0.1, 0.15) is 11.1 Å². The SMILES string of the molecule is Brc1ccc(C=NC2=CNc3ccccc3C2)cc1. The predicted octanol–water partition coefficient (Wildman–Crippen LogP) is 4.38. The lowest BCUT2D eigenvalue weighted by Gasteiger charge is -2.15. The molecule has 1 N–H and O–H groups in total. The summed E-state index contributed by atoms with van der Waals surface area (Å²) in [6.07, 6.45) is 4.74. The molecule has 3 heteroatoms. The summed E-state index contributed by atoms with van der Waals surface area (Å²) in [5.74, 6) is 0. The van der Waals surface area contributed by atoms with Crippen LogP contribution in [0.25, 0.3) is 0 Å². The molecule has 0 amide bonds. The average molecular weight is 313 g/mol. The smallest absolute Gasteiger partial charge is 0.0608 e. The monoisotopic (exact) mass is 312 g/mol. The minimum absolute atomic E-state index is 0.871. The van der Waals surface area contributed by atoms with Gasteiger partial charge in [0.25, 0.3) is 0 Å². The third-order valence-electron chi connectivity index (χ3n) is 3.03. The van der Waals surface area contributed by atoms with Gasteiger partial charge in [-0.25, -0.2) is 0 Å². The standard InChI is InChI=1S/C16H13BrN2/c17-14-7-5-12(6-8-14)10-18-15-9-13-3-1-2-4-16(13)19-11-15/h1-8,10-11,19H,9H2. The number of rotatable bonds is 2. The first-order valence-electron chi connectivity index (χ1n) is 6.14. The summed E-state index contributed by atoms with van der Waals surface area (Å²) in [5.41, 5.74) is 4.60. The van der Waals surface area contributed by atoms with Crippen molar-refractivity contribution in [2.45, 2.75) is 6.42 Å². The summed E-state index contributed by atoms with van der Waals surface area (Å²) in [5, 5.41) is 3.27. The maximum atomic E-state index is 4.54. The molecule has 0 saturated heterocycles. The van der Waals surface area contributed by atoms with Crippen LogP contribution in [-0.2, 0) is 6.42 Å². The quantitative estimate of drug-likeness (QED) is 0.818. The van der Waals surface area contributed by atoms with Gasteiger partial charge in [-0.3, -0.25) is 4.99 Å². The number of halogens is 1. The number of hydrogen-bond acceptors (Lipinski definition) is 2. The zero-order chi connectivity index (χ0) is 13.1. The molecule has 3 rings (SSSR count). The van der Waals surface area contributed by atoms with Gasteiger partial charge in [0.2, 0.25) is 0 Å². The van der Waals surface area contributed by atoms with Gasteiger partial charge in [-0.1, -0.05) is 46.3 Å². The fourth-order valence-corrected chi connectivity index (χ4v) is 2.28. The Balaban J connectivity index is 1.75. The van der Waals surface area contributed by atoms with Crippen molar-refractivity contribution in [1.29, 1.82) is 0 Å². The van der Waals surface area contributed by atoms with Crippen LogP contribution in [0.3, 0.4) is 0 Å². The van der Waals surface area contributed by atoms with Gasteiger partial charge in [0, 0.05) is 29.0 Å². The fourth-order valence-electron chi connectivity index (χ4n) is 2.01. The van der Waals surface area contributed by atoms with Crippen LogP contribution < -0.4 is 5.32 Å². The van der Waals surface area contributed by atoms with Gasteiger partial charge in [-0.2, -0.15) is 0 Å². The first-order chi connectivity index (χ1) is 9.31. The van der Waals surface area contributed by atoms with Gasteiger partial charge in [0.05, 0.1) is 5.70 Å². The van der Waals surface area contributed by atoms with Gasteiger partial charge in [-0.05, 0) is 29.3 Å². The molecule has 1 aliphatic heterocycles. The van der Waals surface area contributed by atoms with Gasteiger partial charge in [0.1, 0.15) is 0 Å². The number of benzene rings is 2. The zero-order valence-corrected chi connectivity index (χ0v) is 11.9. The van der Waals surface area contributed by atoms with E-state index in [1.54, 1.807) is 0 Å². The predicted molar refractivity (Wildman–Crippen MR) is 83.6 cm³/mol. The third kappa shape index (κ3) is 2.93. The highest BCUT2D eigenvalue weighted by molar-refractivity contribution is 9.10. The Morgan fingerprint density at radius 1 is 1.05 bits per heavy atom. The van der Waals surface area contributed by atoms with Crippen LogP contribution >= 0.6 is 15.9 Å². The minimum atomic E-state index is 0.871. The number of allylic oxidation sites excluding steroid dienone is 1. The van der Waals surface area contributed by atoms with Gasteiger partial charge in [-0.15, -0.1) is 0 Å². The topological polar surface area (TPSA) is 24.4 Å². The molecular formula is C16H13BrN2. The lowest BCUT2D eigenvalue weighted by Crippen LogP contribution is -2.04. The second-order valence-corrected chi connectivity index (χ2v) is 5.34. The molecule has 2 aromatic rings. The van der Waals surface area contributed by atoms with Gasteiger partial charge in [0.15, 0.2) is 0 Å². The molecule has 0 aromatic heterocycles. The van der Waals surface area contributed by atoms with E-state index in [1.165, 1.54) is 11.3 Å². The van der Waals surface area contributed by atoms with Gasteiger partial charge < -0.3 is 5.32 Å². The fraction of sp³-hybridized carbons (Fsp3) is 0.0625. The Bertz CT molecular complexity index is 642. The lowest BCUT2D eigenvalue weighted by atomic mass is 10.1. The molecule has 0 spiro atoms. The molecular weight excluding hydrogens is 300 g/mol. The molecule has 2 aromatic carbocycles. The first kappa shape index (κ1) is 12.2. The molecule has 0 bridgehead atoms. The molecule has 2 nitrogen and oxygen atoms in total. The largest absolute Gasteiger partial charge is 0.360 e. The third-order valence-corrected chi connectivity index (χ3v) is 3.56. The van der Waals surface area contributed by atoms with E-state index in [2.05, 4.69) is 44.4 Å². The summed E-state index contributed by atoms with van der Waals surface area (Å²) in [6.45, 7) is 0. The molecule has 0 radical (unpaired) electrons. The maximum Gasteiger partial charge on any atom is 0.0608 e. The Labute approximate surface area is 121 Å². The summed E-state index contributed by atoms with van der Waals surface area (Å²) in [4.78, 5) is 4.54. The van der Waals surface area contributed by atoms with Crippen LogP contribution in [0.4, 0.5) is 5.69 Å². The van der Waals surface area contributed by atoms with Crippen molar-refractivity contribution in [2.75, 3.05) is 5.32 Å². The highest BCUT2D eigenvalue weighted by atomic mass is 79.9. The van der Waals surface area contributed by atoms with Gasteiger partial charge >= 0.3 is 0 Å². The molecule has 19 heavy (non-hydrogen) atoms. The van der Waals surface area contributed by atoms with E-state index in [0.717, 1.165) is 22.2 Å². The number of nitrogens with one attached hydrogen (secondary N) is 1. The summed E-state index contributed by atoms with van der Waals surface area (Å²) < 4.78 is 1.08. The van der Waals surface area contributed by atoms with Crippen LogP contribution in [0.2, 0.25) is 0 Å². The highest BCUT2D eigenvalue weighted by Crippen LogP contribution is 2.23. The number of aliphatic imine (C=N–C) groups is 1. The van der Waals surface area contributed by atoms with E-state index in [1.807, 2.05) is 42.7 Å². The van der Waals surface area contributed by atoms with Crippen molar-refractivity contribution in [3.05, 3.63) is 76.0 Å². The number of nitrogens with zero attached hydrogens (tertiary/aromatic N) is 1. The summed E-state index contributed by atoms with van der Waals surface area (Å²) in [7, 11) is 0. The summed E-state index contributed by atoms with van der Waals surface area (Å²) in [6, 6.07) is 16.4. The van der Waals surface area contributed by atoms with E-state index in [4.69, 9.17) is 0 Å². The minimum Gasteiger partial charge on any atom is -0.360 e. The number of anilines is 1. The number of para-hydroxylation sites is 1. The van der Waals surface area contributed by atoms with E-state index >= 15 is 0 Å². The number of fused-ring (bicyclic) bond motifs is 1. The van der Waals surface area contributed by atoms with Crippen LogP contribution in [0, 0.1) is 0 Å². The van der Waals surface area contributed by atoms with Crippen molar-refractivity contribution in [3.63, 3.8) is 0 Å². The zero-order valence-electron chi connectivity index (χ0n) is 10.3. The Morgan fingerprint density at radius 3 is 2.68 bits per heavy atom. The normalized spacial score (nSPS) is 13.8. The molecule has 0 aliphatic carbocycles. The van der Waals surface area contributed by atoms with Crippen molar-refractivity contribution in [2.24, 2.45) is 4.99 Å². The Kier molecular flexibility index (Phi) is 3.47. The van der Waals surface area contributed by atoms with Crippen molar-refractivity contribution >= 4 is 27.8 Å². The average Bonchev–Trinajstić information content (AvgIpc) is 2.46. The summed E-state index contributed by atoms with van der Waals surface area (Å²) >= 11 is 3.43. The molecule has 0 saturated carbocycles. The molecule has 0 atom stereocenters. The lowest BCUT2D eigenvalue weighted by molar-refractivity contribution is 1.08. The van der Waals surface area contributed by atoms with Crippen LogP contribution in [-0.4, -0.2) is 6.21 Å². The second kappa shape index (κ2) is 5.41. The molecule has 1 aliphatic rings. The van der Waals surface area contributed by atoms with E-state index < -0.39 is 0 Å². The van der Waals surface area contributed by atoms with Crippen LogP contribution in [0.15, 0.2) is 69.9 Å². The highest BCUT2D eigenvalue weighted by Gasteiger charge is 2.08. The van der Waals surface area contributed by atoms with E-state index in [9.17, 15) is 0 Å². The molecule has 1 heterocycles. The Morgan fingerprint density at radius 2 is 1.84 bits per heavy atom. The second-order valence-electron chi connectivity index (χ2n) is 4.42. The van der Waals surface area contributed by atoms with Crippen LogP contribution in [0.5, 0.6) is 0 Å². The maximum absolute atomic E-state index is 4.54. The van der Waals surface area contributed by atoms with E-state index in [-0.39, 0.29) is 0 Å². The molecule has 0 fully saturated rings. The van der Waals surface area contributed by atoms with Crippen molar-refractivity contribution in [1.82, 2.24) is 0 Å². The molecule has 94 valence electrons. The van der Waals surface area contributed by atoms with Crippen molar-refractivity contribution < 1.29 is 0 Å². The molecule has 0 unspecified atom stereocenters. The first-order valence-corrected chi connectivity index (χ1v) is 6.94.